The summed E-state index contributed by atoms with van der Waals surface area (Å²) in [7, 11) is 0. The Kier molecular flexibility index (Phi) is 4.36. The molecule has 0 fully saturated rings. The molecule has 1 unspecified atom stereocenters. The lowest BCUT2D eigenvalue weighted by Gasteiger charge is -2.24. The fourth-order valence-corrected chi connectivity index (χ4v) is 1.22. The van der Waals surface area contributed by atoms with Gasteiger partial charge in [0.1, 0.15) is 12.4 Å². The highest BCUT2D eigenvalue weighted by molar-refractivity contribution is 5.89. The Labute approximate surface area is 108 Å². The van der Waals surface area contributed by atoms with E-state index in [1.807, 2.05) is 0 Å². The van der Waals surface area contributed by atoms with Crippen molar-refractivity contribution in [2.75, 3.05) is 6.61 Å². The predicted molar refractivity (Wildman–Crippen MR) is 63.7 cm³/mol. The molecule has 1 aromatic carbocycles. The number of carbonyl (C=O) groups excluding carboxylic acids is 1. The van der Waals surface area contributed by atoms with E-state index in [0.717, 1.165) is 0 Å². The van der Waals surface area contributed by atoms with Gasteiger partial charge in [0, 0.05) is 5.56 Å². The molecule has 0 aliphatic carbocycles. The zero-order chi connectivity index (χ0) is 14.7. The molecule has 0 bridgehead atoms. The molecule has 3 nitrogen and oxygen atoms in total. The van der Waals surface area contributed by atoms with Crippen molar-refractivity contribution < 1.29 is 27.8 Å². The molecule has 1 rings (SSSR count). The zero-order valence-electron chi connectivity index (χ0n) is 10.2. The first-order chi connectivity index (χ1) is 8.70. The van der Waals surface area contributed by atoms with Crippen molar-refractivity contribution in [3.05, 3.63) is 36.4 Å². The van der Waals surface area contributed by atoms with Crippen LogP contribution in [0.3, 0.4) is 0 Å². The first-order valence-electron chi connectivity index (χ1n) is 5.37. The number of hydrogen-bond donors (Lipinski definition) is 1. The number of carbonyl (C=O) groups is 1. The van der Waals surface area contributed by atoms with Crippen LogP contribution in [0.15, 0.2) is 30.8 Å². The Morgan fingerprint density at radius 1 is 1.42 bits per heavy atom. The maximum Gasteiger partial charge on any atom is 0.424 e. The summed E-state index contributed by atoms with van der Waals surface area (Å²) in [4.78, 5) is 11.4. The van der Waals surface area contributed by atoms with Crippen LogP contribution < -0.4 is 4.74 Å². The molecule has 19 heavy (non-hydrogen) atoms. The number of Topliss-reactive ketones (excluding diaryl/α,β-unsaturated/α-hetero) is 1. The minimum atomic E-state index is -5.04. The van der Waals surface area contributed by atoms with Crippen LogP contribution in [0, 0.1) is 0 Å². The fourth-order valence-electron chi connectivity index (χ4n) is 1.22. The largest absolute Gasteiger partial charge is 0.485 e. The van der Waals surface area contributed by atoms with E-state index < -0.39 is 24.2 Å². The minimum Gasteiger partial charge on any atom is -0.485 e. The summed E-state index contributed by atoms with van der Waals surface area (Å²) in [6, 6.07) is 6.42. The van der Waals surface area contributed by atoms with Crippen LogP contribution >= 0.6 is 0 Å². The molecule has 0 aromatic heterocycles. The van der Waals surface area contributed by atoms with Crippen molar-refractivity contribution in [3.8, 4) is 5.75 Å². The van der Waals surface area contributed by atoms with Crippen molar-refractivity contribution in [2.24, 2.45) is 0 Å². The smallest absolute Gasteiger partial charge is 0.424 e. The number of halogens is 3. The second kappa shape index (κ2) is 5.44. The summed E-state index contributed by atoms with van der Waals surface area (Å²) in [6.07, 6.45) is -3.59. The number of rotatable bonds is 5. The van der Waals surface area contributed by atoms with E-state index in [1.165, 1.54) is 12.1 Å². The van der Waals surface area contributed by atoms with Crippen LogP contribution in [-0.2, 0) is 4.79 Å². The Bertz CT molecular complexity index is 478. The zero-order valence-corrected chi connectivity index (χ0v) is 10.2. The first kappa shape index (κ1) is 15.2. The van der Waals surface area contributed by atoms with Crippen LogP contribution in [-0.4, -0.2) is 29.3 Å². The Balaban J connectivity index is 2.77. The third-order valence-corrected chi connectivity index (χ3v) is 2.59. The van der Waals surface area contributed by atoms with E-state index in [4.69, 9.17) is 9.84 Å². The normalized spacial score (nSPS) is 14.6. The molecule has 1 N–H and O–H groups in total. The minimum absolute atomic E-state index is 0.226. The van der Waals surface area contributed by atoms with Gasteiger partial charge in [-0.15, -0.1) is 0 Å². The fraction of sp³-hybridized carbons (Fsp3) is 0.308. The van der Waals surface area contributed by atoms with E-state index in [2.05, 4.69) is 6.58 Å². The maximum absolute atomic E-state index is 12.4. The summed E-state index contributed by atoms with van der Waals surface area (Å²) in [5, 5.41) is 9.15. The monoisotopic (exact) mass is 274 g/mol. The second-order valence-corrected chi connectivity index (χ2v) is 4.02. The van der Waals surface area contributed by atoms with Gasteiger partial charge in [-0.2, -0.15) is 13.2 Å². The van der Waals surface area contributed by atoms with Crippen molar-refractivity contribution >= 4 is 11.9 Å². The molecule has 0 aliphatic rings. The third-order valence-electron chi connectivity index (χ3n) is 2.59. The second-order valence-electron chi connectivity index (χ2n) is 4.02. The molecule has 1 aromatic rings. The predicted octanol–water partition coefficient (Wildman–Crippen LogP) is 2.59. The molecule has 0 aliphatic heterocycles. The lowest BCUT2D eigenvalue weighted by Crippen LogP contribution is -2.51. The summed E-state index contributed by atoms with van der Waals surface area (Å²) < 4.78 is 42.2. The average Bonchev–Trinajstić information content (AvgIpc) is 2.34. The summed E-state index contributed by atoms with van der Waals surface area (Å²) in [5.74, 6) is -1.23. The summed E-state index contributed by atoms with van der Waals surface area (Å²) in [5.41, 5.74) is -2.88. The van der Waals surface area contributed by atoms with Gasteiger partial charge >= 0.3 is 6.18 Å². The van der Waals surface area contributed by atoms with Gasteiger partial charge in [0.25, 0.3) is 0 Å². The van der Waals surface area contributed by atoms with Gasteiger partial charge in [-0.1, -0.05) is 30.9 Å². The van der Waals surface area contributed by atoms with E-state index in [0.29, 0.717) is 12.5 Å². The van der Waals surface area contributed by atoms with Crippen LogP contribution in [0.4, 0.5) is 13.2 Å². The van der Waals surface area contributed by atoms with Crippen LogP contribution in [0.1, 0.15) is 12.5 Å². The van der Waals surface area contributed by atoms with Crippen molar-refractivity contribution in [1.29, 1.82) is 0 Å². The molecule has 0 amide bonds. The Morgan fingerprint density at radius 3 is 2.53 bits per heavy atom. The van der Waals surface area contributed by atoms with Gasteiger partial charge < -0.3 is 9.84 Å². The van der Waals surface area contributed by atoms with Crippen molar-refractivity contribution in [3.63, 3.8) is 0 Å². The molecule has 0 heterocycles. The number of benzene rings is 1. The number of ketones is 1. The lowest BCUT2D eigenvalue weighted by molar-refractivity contribution is -0.244. The molecular weight excluding hydrogens is 261 g/mol. The van der Waals surface area contributed by atoms with Crippen LogP contribution in [0.2, 0.25) is 0 Å². The number of para-hydroxylation sites is 1. The first-order valence-corrected chi connectivity index (χ1v) is 5.37. The number of aliphatic hydroxyl groups is 1. The molecule has 104 valence electrons. The molecule has 0 saturated carbocycles. The van der Waals surface area contributed by atoms with E-state index in [1.54, 1.807) is 18.2 Å². The van der Waals surface area contributed by atoms with E-state index in [9.17, 15) is 18.0 Å². The van der Waals surface area contributed by atoms with Crippen LogP contribution in [0.25, 0.3) is 6.08 Å². The van der Waals surface area contributed by atoms with Gasteiger partial charge in [-0.25, -0.2) is 0 Å². The van der Waals surface area contributed by atoms with Crippen molar-refractivity contribution in [1.82, 2.24) is 0 Å². The molecule has 0 radical (unpaired) electrons. The maximum atomic E-state index is 12.4. The summed E-state index contributed by atoms with van der Waals surface area (Å²) in [6.45, 7) is 3.04. The highest BCUT2D eigenvalue weighted by Crippen LogP contribution is 2.31. The Morgan fingerprint density at radius 2 is 2.00 bits per heavy atom. The van der Waals surface area contributed by atoms with Gasteiger partial charge in [0.05, 0.1) is 0 Å². The molecule has 6 heteroatoms. The number of ether oxygens (including phenoxy) is 1. The van der Waals surface area contributed by atoms with E-state index >= 15 is 0 Å². The average molecular weight is 274 g/mol. The van der Waals surface area contributed by atoms with Crippen molar-refractivity contribution in [2.45, 2.75) is 18.7 Å². The highest BCUT2D eigenvalue weighted by atomic mass is 19.4. The molecule has 0 saturated heterocycles. The highest BCUT2D eigenvalue weighted by Gasteiger charge is 2.55. The van der Waals surface area contributed by atoms with Gasteiger partial charge in [0.2, 0.25) is 11.4 Å². The van der Waals surface area contributed by atoms with Gasteiger partial charge in [-0.05, 0) is 13.0 Å². The lowest BCUT2D eigenvalue weighted by atomic mass is 10.0. The number of hydrogen-bond acceptors (Lipinski definition) is 3. The number of alkyl halides is 3. The third kappa shape index (κ3) is 3.35. The molecule has 0 spiro atoms. The molecular formula is C13H13F3O3. The van der Waals surface area contributed by atoms with E-state index in [-0.39, 0.29) is 5.75 Å². The molecule has 1 atom stereocenters. The van der Waals surface area contributed by atoms with Gasteiger partial charge in [-0.3, -0.25) is 4.79 Å². The van der Waals surface area contributed by atoms with Crippen LogP contribution in [0.5, 0.6) is 5.75 Å². The Hall–Kier alpha value is -1.82. The quantitative estimate of drug-likeness (QED) is 0.897. The summed E-state index contributed by atoms with van der Waals surface area (Å²) >= 11 is 0. The van der Waals surface area contributed by atoms with Gasteiger partial charge in [0.15, 0.2) is 0 Å². The SMILES string of the molecule is C=Cc1ccccc1OCC(=O)C(C)(O)C(F)(F)F. The topological polar surface area (TPSA) is 46.5 Å². The standard InChI is InChI=1S/C13H13F3O3/c1-3-9-6-4-5-7-10(9)19-8-11(17)12(2,18)13(14,15)16/h3-7,18H,1,8H2,2H3.